The Balaban J connectivity index is 0.00000162. The number of nitrogens with two attached hydrogens (primary N) is 2. The lowest BCUT2D eigenvalue weighted by Gasteiger charge is -2.08. The molecule has 1 aromatic heterocycles. The Morgan fingerprint density at radius 1 is 1.50 bits per heavy atom. The van der Waals surface area contributed by atoms with Crippen LogP contribution in [0.2, 0.25) is 0 Å². The van der Waals surface area contributed by atoms with E-state index in [2.05, 4.69) is 9.72 Å². The van der Waals surface area contributed by atoms with Crippen LogP contribution < -0.4 is 11.5 Å². The molecule has 0 bridgehead atoms. The second-order valence-electron chi connectivity index (χ2n) is 3.95. The normalized spacial score (nSPS) is 11.9. The monoisotopic (exact) mass is 269 g/mol. The number of halogens is 1. The molecule has 0 aliphatic heterocycles. The van der Waals surface area contributed by atoms with Gasteiger partial charge in [0.25, 0.3) is 0 Å². The Kier molecular flexibility index (Phi) is 4.58. The van der Waals surface area contributed by atoms with Crippen molar-refractivity contribution in [1.29, 1.82) is 0 Å². The van der Waals surface area contributed by atoms with Crippen LogP contribution in [-0.4, -0.2) is 24.1 Å². The van der Waals surface area contributed by atoms with Gasteiger partial charge in [-0.2, -0.15) is 0 Å². The van der Waals surface area contributed by atoms with Crippen LogP contribution in [0.1, 0.15) is 5.56 Å². The van der Waals surface area contributed by atoms with E-state index in [4.69, 9.17) is 11.5 Å². The van der Waals surface area contributed by atoms with Gasteiger partial charge < -0.3 is 21.2 Å². The van der Waals surface area contributed by atoms with Gasteiger partial charge in [-0.15, -0.1) is 12.4 Å². The van der Waals surface area contributed by atoms with E-state index in [1.165, 1.54) is 7.11 Å². The summed E-state index contributed by atoms with van der Waals surface area (Å²) in [7, 11) is 1.33. The maximum atomic E-state index is 11.3. The van der Waals surface area contributed by atoms with Gasteiger partial charge >= 0.3 is 5.97 Å². The van der Waals surface area contributed by atoms with Crippen LogP contribution in [0.15, 0.2) is 24.4 Å². The van der Waals surface area contributed by atoms with Crippen molar-refractivity contribution in [1.82, 2.24) is 4.98 Å². The van der Waals surface area contributed by atoms with Gasteiger partial charge in [0.15, 0.2) is 0 Å². The van der Waals surface area contributed by atoms with Crippen LogP contribution in [-0.2, 0) is 16.0 Å². The number of aromatic amines is 1. The highest BCUT2D eigenvalue weighted by atomic mass is 35.5. The van der Waals surface area contributed by atoms with Gasteiger partial charge in [0.05, 0.1) is 7.11 Å². The van der Waals surface area contributed by atoms with Crippen LogP contribution in [0.25, 0.3) is 10.9 Å². The zero-order valence-corrected chi connectivity index (χ0v) is 10.8. The number of ether oxygens (including phenoxy) is 1. The number of nitrogens with one attached hydrogen (secondary N) is 1. The molecule has 2 rings (SSSR count). The van der Waals surface area contributed by atoms with Gasteiger partial charge in [0.1, 0.15) is 6.04 Å². The Morgan fingerprint density at radius 3 is 2.89 bits per heavy atom. The summed E-state index contributed by atoms with van der Waals surface area (Å²) in [4.78, 5) is 14.4. The summed E-state index contributed by atoms with van der Waals surface area (Å²) in [6.45, 7) is 0. The Labute approximate surface area is 111 Å². The fourth-order valence-electron chi connectivity index (χ4n) is 1.84. The van der Waals surface area contributed by atoms with Crippen LogP contribution in [0.4, 0.5) is 5.69 Å². The summed E-state index contributed by atoms with van der Waals surface area (Å²) in [5, 5.41) is 1.03. The van der Waals surface area contributed by atoms with Crippen molar-refractivity contribution in [2.45, 2.75) is 12.5 Å². The van der Waals surface area contributed by atoms with Gasteiger partial charge in [-0.05, 0) is 17.7 Å². The first kappa shape index (κ1) is 14.3. The van der Waals surface area contributed by atoms with Crippen molar-refractivity contribution in [2.24, 2.45) is 5.73 Å². The molecule has 18 heavy (non-hydrogen) atoms. The number of carbonyl (C=O) groups excluding carboxylic acids is 1. The molecule has 0 fully saturated rings. The predicted octanol–water partition coefficient (Wildman–Crippen LogP) is 1.21. The number of aromatic nitrogens is 1. The molecule has 0 saturated carbocycles. The van der Waals surface area contributed by atoms with Crippen LogP contribution in [0.3, 0.4) is 0 Å². The second-order valence-corrected chi connectivity index (χ2v) is 3.95. The summed E-state index contributed by atoms with van der Waals surface area (Å²) in [5.41, 5.74) is 14.0. The molecule has 2 aromatic rings. The lowest BCUT2D eigenvalue weighted by molar-refractivity contribution is -0.142. The van der Waals surface area contributed by atoms with Crippen LogP contribution >= 0.6 is 12.4 Å². The molecule has 6 heteroatoms. The van der Waals surface area contributed by atoms with E-state index in [-0.39, 0.29) is 12.4 Å². The summed E-state index contributed by atoms with van der Waals surface area (Å²) in [6, 6.07) is 4.95. The molecule has 0 spiro atoms. The van der Waals surface area contributed by atoms with Crippen molar-refractivity contribution >= 4 is 35.0 Å². The Hall–Kier alpha value is -1.72. The Bertz CT molecular complexity index is 553. The summed E-state index contributed by atoms with van der Waals surface area (Å²) in [6.07, 6.45) is 2.28. The number of esters is 1. The first-order chi connectivity index (χ1) is 8.11. The average Bonchev–Trinajstić information content (AvgIpc) is 2.70. The van der Waals surface area contributed by atoms with Crippen molar-refractivity contribution < 1.29 is 9.53 Å². The minimum atomic E-state index is -0.642. The molecular weight excluding hydrogens is 254 g/mol. The Morgan fingerprint density at radius 2 is 2.22 bits per heavy atom. The highest BCUT2D eigenvalue weighted by molar-refractivity contribution is 5.86. The zero-order valence-electron chi connectivity index (χ0n) is 9.97. The highest BCUT2D eigenvalue weighted by Gasteiger charge is 2.16. The first-order valence-corrected chi connectivity index (χ1v) is 5.30. The third-order valence-electron chi connectivity index (χ3n) is 2.74. The third-order valence-corrected chi connectivity index (χ3v) is 2.74. The molecule has 5 nitrogen and oxygen atoms in total. The number of hydrogen-bond donors (Lipinski definition) is 3. The van der Waals surface area contributed by atoms with Crippen molar-refractivity contribution in [2.75, 3.05) is 12.8 Å². The predicted molar refractivity (Wildman–Crippen MR) is 73.7 cm³/mol. The maximum Gasteiger partial charge on any atom is 0.322 e. The molecule has 98 valence electrons. The van der Waals surface area contributed by atoms with Gasteiger partial charge in [0.2, 0.25) is 0 Å². The number of nitrogen functional groups attached to an aromatic ring is 1. The minimum Gasteiger partial charge on any atom is -0.468 e. The lowest BCUT2D eigenvalue weighted by atomic mass is 10.1. The van der Waals surface area contributed by atoms with Crippen molar-refractivity contribution in [3.8, 4) is 0 Å². The zero-order chi connectivity index (χ0) is 12.4. The quantitative estimate of drug-likeness (QED) is 0.577. The molecule has 1 heterocycles. The molecule has 0 saturated heterocycles. The van der Waals surface area contributed by atoms with Gasteiger partial charge in [0, 0.05) is 29.2 Å². The number of carbonyl (C=O) groups is 1. The largest absolute Gasteiger partial charge is 0.468 e. The fraction of sp³-hybridized carbons (Fsp3) is 0.250. The van der Waals surface area contributed by atoms with Crippen LogP contribution in [0, 0.1) is 0 Å². The van der Waals surface area contributed by atoms with E-state index in [9.17, 15) is 4.79 Å². The molecule has 1 aromatic carbocycles. The number of anilines is 1. The van der Waals surface area contributed by atoms with E-state index in [1.807, 2.05) is 24.4 Å². The molecule has 0 amide bonds. The van der Waals surface area contributed by atoms with Crippen molar-refractivity contribution in [3.05, 3.63) is 30.0 Å². The molecule has 0 radical (unpaired) electrons. The molecule has 0 aliphatic rings. The van der Waals surface area contributed by atoms with E-state index in [0.29, 0.717) is 12.1 Å². The standard InChI is InChI=1S/C12H15N3O2.ClH/c1-17-12(16)10(14)4-7-6-15-11-5-8(13)2-3-9(7)11;/h2-3,5-6,10,15H,4,13-14H2,1H3;1H/t10-;/m0./s1. The molecule has 5 N–H and O–H groups in total. The van der Waals surface area contributed by atoms with Gasteiger partial charge in [-0.3, -0.25) is 4.79 Å². The molecule has 1 atom stereocenters. The fourth-order valence-corrected chi connectivity index (χ4v) is 1.84. The smallest absolute Gasteiger partial charge is 0.322 e. The number of benzene rings is 1. The third kappa shape index (κ3) is 2.75. The van der Waals surface area contributed by atoms with Crippen LogP contribution in [0.5, 0.6) is 0 Å². The van der Waals surface area contributed by atoms with Gasteiger partial charge in [-0.1, -0.05) is 6.07 Å². The second kappa shape index (κ2) is 5.75. The summed E-state index contributed by atoms with van der Waals surface area (Å²) < 4.78 is 4.60. The maximum absolute atomic E-state index is 11.3. The number of fused-ring (bicyclic) bond motifs is 1. The average molecular weight is 270 g/mol. The highest BCUT2D eigenvalue weighted by Crippen LogP contribution is 2.21. The van der Waals surface area contributed by atoms with E-state index < -0.39 is 12.0 Å². The van der Waals surface area contributed by atoms with Crippen molar-refractivity contribution in [3.63, 3.8) is 0 Å². The molecule has 0 aliphatic carbocycles. The molecule has 0 unspecified atom stereocenters. The van der Waals surface area contributed by atoms with E-state index in [0.717, 1.165) is 16.5 Å². The lowest BCUT2D eigenvalue weighted by Crippen LogP contribution is -2.33. The molecular formula is C12H16ClN3O2. The number of H-pyrrole nitrogens is 1. The van der Waals surface area contributed by atoms with E-state index in [1.54, 1.807) is 0 Å². The summed E-state index contributed by atoms with van der Waals surface area (Å²) >= 11 is 0. The first-order valence-electron chi connectivity index (χ1n) is 5.30. The van der Waals surface area contributed by atoms with Gasteiger partial charge in [-0.25, -0.2) is 0 Å². The number of rotatable bonds is 3. The number of hydrogen-bond acceptors (Lipinski definition) is 4. The summed E-state index contributed by atoms with van der Waals surface area (Å²) in [5.74, 6) is -0.408. The SMILES string of the molecule is COC(=O)[C@@H](N)Cc1c[nH]c2cc(N)ccc12.Cl. The van der Waals surface area contributed by atoms with E-state index >= 15 is 0 Å². The number of methoxy groups -OCH3 is 1. The topological polar surface area (TPSA) is 94.1 Å². The minimum absolute atomic E-state index is 0.